The molecular formula is C12H16O. The minimum absolute atomic E-state index is 0.565. The van der Waals surface area contributed by atoms with E-state index in [1.54, 1.807) is 0 Å². The van der Waals surface area contributed by atoms with E-state index in [0.29, 0.717) is 5.92 Å². The monoisotopic (exact) mass is 176 g/mol. The Morgan fingerprint density at radius 2 is 2.31 bits per heavy atom. The second-order valence-corrected chi connectivity index (χ2v) is 3.80. The van der Waals surface area contributed by atoms with Crippen molar-refractivity contribution in [3.8, 4) is 0 Å². The molecule has 1 heterocycles. The molecule has 0 amide bonds. The highest BCUT2D eigenvalue weighted by atomic mass is 16.5. The molecule has 1 nitrogen and oxygen atoms in total. The summed E-state index contributed by atoms with van der Waals surface area (Å²) in [6.07, 6.45) is 1.13. The van der Waals surface area contributed by atoms with E-state index >= 15 is 0 Å². The van der Waals surface area contributed by atoms with Crippen molar-refractivity contribution in [2.24, 2.45) is 0 Å². The quantitative estimate of drug-likeness (QED) is 0.639. The Bertz CT molecular complexity index is 304. The summed E-state index contributed by atoms with van der Waals surface area (Å²) in [5, 5.41) is 0. The van der Waals surface area contributed by atoms with Crippen LogP contribution >= 0.6 is 0 Å². The summed E-state index contributed by atoms with van der Waals surface area (Å²) in [5.41, 5.74) is 4.30. The number of hydrogen-bond donors (Lipinski definition) is 0. The molecule has 0 radical (unpaired) electrons. The highest BCUT2D eigenvalue weighted by Crippen LogP contribution is 2.27. The first-order valence-electron chi connectivity index (χ1n) is 5.00. The molecule has 1 aromatic carbocycles. The van der Waals surface area contributed by atoms with E-state index in [0.717, 1.165) is 19.6 Å². The van der Waals surface area contributed by atoms with E-state index in [-0.39, 0.29) is 0 Å². The van der Waals surface area contributed by atoms with Gasteiger partial charge in [-0.15, -0.1) is 0 Å². The zero-order chi connectivity index (χ0) is 9.26. The lowest BCUT2D eigenvalue weighted by atomic mass is 9.92. The summed E-state index contributed by atoms with van der Waals surface area (Å²) in [4.78, 5) is 0. The van der Waals surface area contributed by atoms with Gasteiger partial charge in [-0.25, -0.2) is 0 Å². The molecule has 2 rings (SSSR count). The first kappa shape index (κ1) is 8.76. The summed E-state index contributed by atoms with van der Waals surface area (Å²) in [5.74, 6) is 0.565. The molecule has 0 saturated heterocycles. The van der Waals surface area contributed by atoms with Crippen LogP contribution in [0, 0.1) is 0 Å². The Kier molecular flexibility index (Phi) is 2.36. The van der Waals surface area contributed by atoms with Crippen LogP contribution in [0.15, 0.2) is 18.2 Å². The molecule has 1 aliphatic heterocycles. The van der Waals surface area contributed by atoms with Gasteiger partial charge in [0.2, 0.25) is 0 Å². The molecule has 13 heavy (non-hydrogen) atoms. The van der Waals surface area contributed by atoms with Gasteiger partial charge in [0.15, 0.2) is 0 Å². The Labute approximate surface area is 79.7 Å². The molecule has 1 heteroatoms. The molecule has 1 aliphatic rings. The van der Waals surface area contributed by atoms with Crippen LogP contribution in [0.5, 0.6) is 0 Å². The van der Waals surface area contributed by atoms with Gasteiger partial charge in [-0.05, 0) is 23.1 Å². The van der Waals surface area contributed by atoms with Crippen molar-refractivity contribution in [1.82, 2.24) is 0 Å². The van der Waals surface area contributed by atoms with E-state index in [1.165, 1.54) is 16.7 Å². The van der Waals surface area contributed by atoms with Gasteiger partial charge in [0, 0.05) is 5.92 Å². The molecule has 0 N–H and O–H groups in total. The number of hydrogen-bond acceptors (Lipinski definition) is 1. The lowest BCUT2D eigenvalue weighted by Gasteiger charge is -2.23. The van der Waals surface area contributed by atoms with Crippen LogP contribution in [0.3, 0.4) is 0 Å². The van der Waals surface area contributed by atoms with Crippen LogP contribution in [0.4, 0.5) is 0 Å². The molecule has 0 aliphatic carbocycles. The topological polar surface area (TPSA) is 9.23 Å². The lowest BCUT2D eigenvalue weighted by Crippen LogP contribution is -2.14. The highest BCUT2D eigenvalue weighted by Gasteiger charge is 2.16. The summed E-state index contributed by atoms with van der Waals surface area (Å²) in [6.45, 7) is 6.10. The third-order valence-electron chi connectivity index (χ3n) is 2.77. The van der Waals surface area contributed by atoms with Crippen LogP contribution in [0.1, 0.15) is 36.5 Å². The fourth-order valence-electron chi connectivity index (χ4n) is 1.89. The normalized spacial score (nSPS) is 21.2. The molecule has 1 aromatic rings. The summed E-state index contributed by atoms with van der Waals surface area (Å²) in [7, 11) is 0. The summed E-state index contributed by atoms with van der Waals surface area (Å²) >= 11 is 0. The van der Waals surface area contributed by atoms with Crippen molar-refractivity contribution >= 4 is 0 Å². The number of aryl methyl sites for hydroxylation is 1. The number of fused-ring (bicyclic) bond motifs is 1. The Balaban J connectivity index is 2.41. The fraction of sp³-hybridized carbons (Fsp3) is 0.500. The third kappa shape index (κ3) is 1.61. The van der Waals surface area contributed by atoms with Gasteiger partial charge < -0.3 is 4.74 Å². The highest BCUT2D eigenvalue weighted by molar-refractivity contribution is 5.35. The molecule has 0 aromatic heterocycles. The predicted molar refractivity (Wildman–Crippen MR) is 53.9 cm³/mol. The minimum atomic E-state index is 0.565. The zero-order valence-electron chi connectivity index (χ0n) is 8.34. The maximum absolute atomic E-state index is 5.48. The standard InChI is InChI=1S/C12H16O/c1-3-10-4-5-11-8-13-7-9(2)12(11)6-10/h4-6,9H,3,7-8H2,1-2H3. The van der Waals surface area contributed by atoms with E-state index in [2.05, 4.69) is 32.0 Å². The van der Waals surface area contributed by atoms with Gasteiger partial charge in [0.1, 0.15) is 0 Å². The minimum Gasteiger partial charge on any atom is -0.376 e. The largest absolute Gasteiger partial charge is 0.376 e. The molecule has 1 atom stereocenters. The first-order valence-corrected chi connectivity index (χ1v) is 5.00. The van der Waals surface area contributed by atoms with Crippen molar-refractivity contribution in [2.75, 3.05) is 6.61 Å². The SMILES string of the molecule is CCc1ccc2c(c1)C(C)COC2. The van der Waals surface area contributed by atoms with Gasteiger partial charge in [-0.2, -0.15) is 0 Å². The fourth-order valence-corrected chi connectivity index (χ4v) is 1.89. The average Bonchev–Trinajstić information content (AvgIpc) is 2.18. The molecule has 0 bridgehead atoms. The average molecular weight is 176 g/mol. The van der Waals surface area contributed by atoms with Crippen LogP contribution in [-0.2, 0) is 17.8 Å². The summed E-state index contributed by atoms with van der Waals surface area (Å²) < 4.78 is 5.48. The predicted octanol–water partition coefficient (Wildman–Crippen LogP) is 2.88. The molecular weight excluding hydrogens is 160 g/mol. The molecule has 70 valence electrons. The van der Waals surface area contributed by atoms with Gasteiger partial charge in [-0.1, -0.05) is 32.0 Å². The molecule has 0 fully saturated rings. The Morgan fingerprint density at radius 1 is 1.46 bits per heavy atom. The number of benzene rings is 1. The lowest BCUT2D eigenvalue weighted by molar-refractivity contribution is 0.0950. The van der Waals surface area contributed by atoms with Crippen LogP contribution in [0.25, 0.3) is 0 Å². The smallest absolute Gasteiger partial charge is 0.0719 e. The van der Waals surface area contributed by atoms with E-state index < -0.39 is 0 Å². The second-order valence-electron chi connectivity index (χ2n) is 3.80. The van der Waals surface area contributed by atoms with Crippen molar-refractivity contribution in [2.45, 2.75) is 32.8 Å². The van der Waals surface area contributed by atoms with Gasteiger partial charge in [0.25, 0.3) is 0 Å². The van der Waals surface area contributed by atoms with E-state index in [9.17, 15) is 0 Å². The molecule has 0 saturated carbocycles. The Morgan fingerprint density at radius 3 is 3.08 bits per heavy atom. The second kappa shape index (κ2) is 3.51. The van der Waals surface area contributed by atoms with E-state index in [1.807, 2.05) is 0 Å². The van der Waals surface area contributed by atoms with Crippen LogP contribution in [0.2, 0.25) is 0 Å². The van der Waals surface area contributed by atoms with Gasteiger partial charge >= 0.3 is 0 Å². The third-order valence-corrected chi connectivity index (χ3v) is 2.77. The van der Waals surface area contributed by atoms with Crippen molar-refractivity contribution in [3.05, 3.63) is 34.9 Å². The van der Waals surface area contributed by atoms with Crippen molar-refractivity contribution < 1.29 is 4.74 Å². The van der Waals surface area contributed by atoms with Crippen LogP contribution < -0.4 is 0 Å². The maximum atomic E-state index is 5.48. The summed E-state index contributed by atoms with van der Waals surface area (Å²) in [6, 6.07) is 6.76. The van der Waals surface area contributed by atoms with Gasteiger partial charge in [0.05, 0.1) is 13.2 Å². The van der Waals surface area contributed by atoms with Gasteiger partial charge in [-0.3, -0.25) is 0 Å². The molecule has 1 unspecified atom stereocenters. The number of ether oxygens (including phenoxy) is 1. The zero-order valence-corrected chi connectivity index (χ0v) is 8.34. The first-order chi connectivity index (χ1) is 6.31. The number of rotatable bonds is 1. The van der Waals surface area contributed by atoms with E-state index in [4.69, 9.17) is 4.74 Å². The van der Waals surface area contributed by atoms with Crippen LogP contribution in [-0.4, -0.2) is 6.61 Å². The maximum Gasteiger partial charge on any atom is 0.0719 e. The van der Waals surface area contributed by atoms with Crippen molar-refractivity contribution in [3.63, 3.8) is 0 Å². The van der Waals surface area contributed by atoms with Crippen molar-refractivity contribution in [1.29, 1.82) is 0 Å². The molecule has 0 spiro atoms. The Hall–Kier alpha value is -0.820.